The lowest BCUT2D eigenvalue weighted by Crippen LogP contribution is -2.24. The Morgan fingerprint density at radius 1 is 1.29 bits per heavy atom. The third-order valence-corrected chi connectivity index (χ3v) is 7.41. The van der Waals surface area contributed by atoms with Crippen molar-refractivity contribution in [2.45, 2.75) is 57.7 Å². The second kappa shape index (κ2) is 8.26. The van der Waals surface area contributed by atoms with Crippen molar-refractivity contribution in [3.05, 3.63) is 57.9 Å². The lowest BCUT2D eigenvalue weighted by atomic mass is 9.90. The maximum absolute atomic E-state index is 13.5. The Bertz CT molecular complexity index is 1090. The highest BCUT2D eigenvalue weighted by Gasteiger charge is 2.25. The van der Waals surface area contributed by atoms with Gasteiger partial charge in [0.25, 0.3) is 5.56 Å². The highest BCUT2D eigenvalue weighted by atomic mass is 32.2. The maximum atomic E-state index is 13.5. The van der Waals surface area contributed by atoms with Gasteiger partial charge in [0.2, 0.25) is 0 Å². The molecule has 0 fully saturated rings. The van der Waals surface area contributed by atoms with Gasteiger partial charge in [0.05, 0.1) is 5.39 Å². The number of hydrogen-bond donors (Lipinski definition) is 0. The molecular formula is C23H26N2OS2. The highest BCUT2D eigenvalue weighted by Crippen LogP contribution is 2.42. The van der Waals surface area contributed by atoms with Gasteiger partial charge in [-0.15, -0.1) is 11.3 Å². The zero-order valence-electron chi connectivity index (χ0n) is 16.6. The molecule has 2 heterocycles. The first-order chi connectivity index (χ1) is 13.6. The van der Waals surface area contributed by atoms with Gasteiger partial charge in [0, 0.05) is 17.2 Å². The average Bonchev–Trinajstić information content (AvgIpc) is 3.06. The van der Waals surface area contributed by atoms with Crippen LogP contribution in [0.15, 0.2) is 46.4 Å². The van der Waals surface area contributed by atoms with Crippen LogP contribution in [-0.2, 0) is 19.4 Å². The van der Waals surface area contributed by atoms with E-state index < -0.39 is 0 Å². The molecule has 28 heavy (non-hydrogen) atoms. The van der Waals surface area contributed by atoms with Crippen molar-refractivity contribution in [2.24, 2.45) is 0 Å². The van der Waals surface area contributed by atoms with Crippen LogP contribution in [0.25, 0.3) is 20.7 Å². The molecule has 0 radical (unpaired) electrons. The van der Waals surface area contributed by atoms with E-state index in [1.54, 1.807) is 23.1 Å². The first-order valence-electron chi connectivity index (χ1n) is 10.0. The molecule has 0 aliphatic heterocycles. The Balaban J connectivity index is 1.85. The number of aromatic nitrogens is 2. The van der Waals surface area contributed by atoms with E-state index in [1.807, 2.05) is 11.5 Å². The SMILES string of the molecule is C=C(C)Cn1c(SCCCCC)nc2sc3c(c2c1=O)CCc1ccccc1-3. The van der Waals surface area contributed by atoms with Crippen LogP contribution in [0.4, 0.5) is 0 Å². The molecule has 1 aliphatic carbocycles. The van der Waals surface area contributed by atoms with Crippen molar-refractivity contribution in [3.8, 4) is 10.4 Å². The Kier molecular flexibility index (Phi) is 5.74. The minimum atomic E-state index is 0.0999. The number of nitrogens with zero attached hydrogens (tertiary/aromatic N) is 2. The van der Waals surface area contributed by atoms with E-state index in [-0.39, 0.29) is 5.56 Å². The number of benzene rings is 1. The van der Waals surface area contributed by atoms with Gasteiger partial charge in [-0.2, -0.15) is 0 Å². The number of rotatable bonds is 7. The summed E-state index contributed by atoms with van der Waals surface area (Å²) in [7, 11) is 0. The van der Waals surface area contributed by atoms with Gasteiger partial charge in [-0.25, -0.2) is 4.98 Å². The van der Waals surface area contributed by atoms with Gasteiger partial charge >= 0.3 is 0 Å². The van der Waals surface area contributed by atoms with Gasteiger partial charge in [-0.1, -0.05) is 67.9 Å². The maximum Gasteiger partial charge on any atom is 0.263 e. The predicted molar refractivity (Wildman–Crippen MR) is 122 cm³/mol. The van der Waals surface area contributed by atoms with Crippen LogP contribution in [0.2, 0.25) is 0 Å². The molecule has 0 N–H and O–H groups in total. The third-order valence-electron chi connectivity index (χ3n) is 5.19. The quantitative estimate of drug-likeness (QED) is 0.205. The Hall–Kier alpha value is -1.85. The van der Waals surface area contributed by atoms with Crippen molar-refractivity contribution in [2.75, 3.05) is 5.75 Å². The lowest BCUT2D eigenvalue weighted by Gasteiger charge is -2.16. The van der Waals surface area contributed by atoms with Crippen LogP contribution >= 0.6 is 23.1 Å². The number of hydrogen-bond acceptors (Lipinski definition) is 4. The summed E-state index contributed by atoms with van der Waals surface area (Å²) in [5, 5.41) is 1.66. The van der Waals surface area contributed by atoms with Gasteiger partial charge in [-0.3, -0.25) is 9.36 Å². The topological polar surface area (TPSA) is 34.9 Å². The fraction of sp³-hybridized carbons (Fsp3) is 0.391. The molecule has 0 saturated carbocycles. The number of fused-ring (bicyclic) bond motifs is 5. The minimum Gasteiger partial charge on any atom is -0.283 e. The molecule has 0 unspecified atom stereocenters. The number of unbranched alkanes of at least 4 members (excludes halogenated alkanes) is 2. The van der Waals surface area contributed by atoms with Gasteiger partial charge in [0.1, 0.15) is 4.83 Å². The van der Waals surface area contributed by atoms with E-state index in [9.17, 15) is 4.79 Å². The van der Waals surface area contributed by atoms with Crippen LogP contribution in [0.3, 0.4) is 0 Å². The van der Waals surface area contributed by atoms with Crippen LogP contribution < -0.4 is 5.56 Å². The molecule has 0 bridgehead atoms. The van der Waals surface area contributed by atoms with E-state index in [4.69, 9.17) is 4.98 Å². The summed E-state index contributed by atoms with van der Waals surface area (Å²) in [5.41, 5.74) is 4.91. The predicted octanol–water partition coefficient (Wildman–Crippen LogP) is 6.08. The van der Waals surface area contributed by atoms with Crippen molar-refractivity contribution < 1.29 is 0 Å². The largest absolute Gasteiger partial charge is 0.283 e. The molecule has 0 amide bonds. The van der Waals surface area contributed by atoms with E-state index in [0.29, 0.717) is 6.54 Å². The second-order valence-corrected chi connectivity index (χ2v) is 9.61. The molecule has 1 aliphatic rings. The summed E-state index contributed by atoms with van der Waals surface area (Å²) < 4.78 is 1.84. The summed E-state index contributed by atoms with van der Waals surface area (Å²) in [6.07, 6.45) is 5.46. The van der Waals surface area contributed by atoms with E-state index in [2.05, 4.69) is 37.8 Å². The number of aryl methyl sites for hydroxylation is 2. The summed E-state index contributed by atoms with van der Waals surface area (Å²) in [6.45, 7) is 8.76. The van der Waals surface area contributed by atoms with Crippen LogP contribution in [0.1, 0.15) is 44.2 Å². The Morgan fingerprint density at radius 3 is 2.89 bits per heavy atom. The van der Waals surface area contributed by atoms with Gasteiger partial charge < -0.3 is 0 Å². The third kappa shape index (κ3) is 3.58. The van der Waals surface area contributed by atoms with E-state index in [1.165, 1.54) is 34.4 Å². The summed E-state index contributed by atoms with van der Waals surface area (Å²) in [6, 6.07) is 8.56. The fourth-order valence-electron chi connectivity index (χ4n) is 3.83. The first kappa shape index (κ1) is 19.5. The highest BCUT2D eigenvalue weighted by molar-refractivity contribution is 7.99. The lowest BCUT2D eigenvalue weighted by molar-refractivity contribution is 0.650. The monoisotopic (exact) mass is 410 g/mol. The molecule has 1 aromatic carbocycles. The minimum absolute atomic E-state index is 0.0999. The van der Waals surface area contributed by atoms with E-state index in [0.717, 1.165) is 46.0 Å². The molecule has 3 aromatic rings. The number of thioether (sulfide) groups is 1. The normalized spacial score (nSPS) is 12.8. The fourth-order valence-corrected chi connectivity index (χ4v) is 6.15. The smallest absolute Gasteiger partial charge is 0.263 e. The summed E-state index contributed by atoms with van der Waals surface area (Å²) >= 11 is 3.39. The zero-order chi connectivity index (χ0) is 19.7. The molecule has 0 atom stereocenters. The molecule has 5 heteroatoms. The second-order valence-electron chi connectivity index (χ2n) is 7.55. The average molecular weight is 411 g/mol. The van der Waals surface area contributed by atoms with Crippen LogP contribution in [-0.4, -0.2) is 15.3 Å². The Morgan fingerprint density at radius 2 is 2.11 bits per heavy atom. The molecule has 146 valence electrons. The molecule has 4 rings (SSSR count). The molecule has 0 saturated heterocycles. The van der Waals surface area contributed by atoms with Crippen LogP contribution in [0.5, 0.6) is 0 Å². The molecule has 2 aromatic heterocycles. The van der Waals surface area contributed by atoms with Crippen LogP contribution in [0, 0.1) is 0 Å². The van der Waals surface area contributed by atoms with Crippen molar-refractivity contribution >= 4 is 33.3 Å². The summed E-state index contributed by atoms with van der Waals surface area (Å²) in [5.74, 6) is 0.996. The zero-order valence-corrected chi connectivity index (χ0v) is 18.2. The van der Waals surface area contributed by atoms with Crippen molar-refractivity contribution in [3.63, 3.8) is 0 Å². The van der Waals surface area contributed by atoms with Crippen molar-refractivity contribution in [1.82, 2.24) is 9.55 Å². The summed E-state index contributed by atoms with van der Waals surface area (Å²) in [4.78, 5) is 20.6. The van der Waals surface area contributed by atoms with Gasteiger partial charge in [0.15, 0.2) is 5.16 Å². The van der Waals surface area contributed by atoms with Gasteiger partial charge in [-0.05, 0) is 42.9 Å². The number of thiophene rings is 1. The van der Waals surface area contributed by atoms with E-state index >= 15 is 0 Å². The number of allylic oxidation sites excluding steroid dienone is 1. The molecule has 0 spiro atoms. The first-order valence-corrected chi connectivity index (χ1v) is 11.8. The molecular weight excluding hydrogens is 384 g/mol. The standard InChI is InChI=1S/C23H26N2OS2/c1-4-5-8-13-27-23-24-21-19(22(26)25(23)14-15(2)3)18-12-11-16-9-6-7-10-17(16)20(18)28-21/h6-7,9-10H,2,4-5,8,11-14H2,1,3H3. The molecule has 3 nitrogen and oxygen atoms in total. The van der Waals surface area contributed by atoms with Crippen molar-refractivity contribution in [1.29, 1.82) is 0 Å². The Labute approximate surface area is 174 Å².